The third-order valence-electron chi connectivity index (χ3n) is 10.5. The van der Waals surface area contributed by atoms with Crippen LogP contribution in [-0.2, 0) is 31.7 Å². The summed E-state index contributed by atoms with van der Waals surface area (Å²) in [5.74, 6) is 0.174. The first-order valence-corrected chi connectivity index (χ1v) is 24.9. The molecule has 311 valence electrons. The molecule has 0 bridgehead atoms. The van der Waals surface area contributed by atoms with E-state index in [0.717, 1.165) is 44.9 Å². The topological polar surface area (TPSA) is 67.4 Å². The molecule has 5 nitrogen and oxygen atoms in total. The quantitative estimate of drug-likeness (QED) is 0.0482. The molecule has 0 heterocycles. The van der Waals surface area contributed by atoms with Crippen molar-refractivity contribution < 1.29 is 56.5 Å². The number of rotatable bonds is 41. The molecular formula is C44H89Cl2N2O3Ti. The first-order valence-electron chi connectivity index (χ1n) is 22.7. The zero-order valence-electron chi connectivity index (χ0n) is 35.2. The Balaban J connectivity index is -0.0000120. The molecule has 0 aromatic heterocycles. The number of amides is 2. The molecule has 2 N–H and O–H groups in total. The number of hydrogen-bond acceptors (Lipinski definition) is 3. The van der Waals surface area contributed by atoms with E-state index >= 15 is 0 Å². The van der Waals surface area contributed by atoms with Gasteiger partial charge in [-0.25, -0.2) is 0 Å². The Bertz CT molecular complexity index is 719. The second-order valence-corrected chi connectivity index (χ2v) is 17.7. The predicted molar refractivity (Wildman–Crippen MR) is 215 cm³/mol. The maximum absolute atomic E-state index is 13.3. The van der Waals surface area contributed by atoms with Crippen LogP contribution in [0.5, 0.6) is 0 Å². The molecule has 0 fully saturated rings. The van der Waals surface area contributed by atoms with Gasteiger partial charge >= 0.3 is 232 Å². The number of carbonyl (C=O) groups is 2. The van der Waals surface area contributed by atoms with Gasteiger partial charge in [-0.05, 0) is 0 Å². The van der Waals surface area contributed by atoms with Crippen LogP contribution in [0, 0.1) is 5.92 Å². The van der Waals surface area contributed by atoms with Gasteiger partial charge in [0.2, 0.25) is 0 Å². The van der Waals surface area contributed by atoms with E-state index in [9.17, 15) is 9.59 Å². The summed E-state index contributed by atoms with van der Waals surface area (Å²) in [6.07, 6.45) is 45.6. The molecule has 0 radical (unpaired) electrons. The number of nitrogens with one attached hydrogen (secondary N) is 2. The molecule has 8 heteroatoms. The molecule has 0 aliphatic carbocycles. The Labute approximate surface area is 345 Å². The molecule has 1 atom stereocenters. The normalized spacial score (nSPS) is 11.5. The SMILES string of the molecule is CCCCCCCCCCCCCCCCCC(=O)[NH][Ti+2]([NH]C(=O)C(CC)CCCCCCCCCCCCCCCC)[O]CCCCCC.[Cl-].[Cl-]. The van der Waals surface area contributed by atoms with Crippen molar-refractivity contribution in [2.75, 3.05) is 6.61 Å². The smallest absolute Gasteiger partial charge is 1.00 e. The predicted octanol–water partition coefficient (Wildman–Crippen LogP) is 8.35. The van der Waals surface area contributed by atoms with Gasteiger partial charge in [0.25, 0.3) is 0 Å². The van der Waals surface area contributed by atoms with E-state index in [2.05, 4.69) is 35.3 Å². The third-order valence-corrected chi connectivity index (χ3v) is 12.8. The van der Waals surface area contributed by atoms with Gasteiger partial charge in [0, 0.05) is 0 Å². The maximum Gasteiger partial charge on any atom is -1.00 e. The minimum absolute atomic E-state index is 0. The zero-order valence-corrected chi connectivity index (χ0v) is 38.3. The Morgan fingerprint density at radius 1 is 0.442 bits per heavy atom. The van der Waals surface area contributed by atoms with Crippen molar-refractivity contribution in [2.45, 2.75) is 259 Å². The van der Waals surface area contributed by atoms with E-state index < -0.39 is 18.8 Å². The van der Waals surface area contributed by atoms with Gasteiger partial charge in [-0.1, -0.05) is 90.9 Å². The van der Waals surface area contributed by atoms with Gasteiger partial charge in [0.15, 0.2) is 0 Å². The van der Waals surface area contributed by atoms with Crippen LogP contribution in [0.4, 0.5) is 0 Å². The van der Waals surface area contributed by atoms with Crippen molar-refractivity contribution in [3.05, 3.63) is 0 Å². The van der Waals surface area contributed by atoms with Crippen molar-refractivity contribution in [2.24, 2.45) is 5.92 Å². The van der Waals surface area contributed by atoms with Gasteiger partial charge in [-0.15, -0.1) is 0 Å². The van der Waals surface area contributed by atoms with Crippen molar-refractivity contribution in [1.82, 2.24) is 7.60 Å². The first-order chi connectivity index (χ1) is 24.6. The fraction of sp³-hybridized carbons (Fsp3) is 0.955. The summed E-state index contributed by atoms with van der Waals surface area (Å²) in [6.45, 7) is 9.53. The van der Waals surface area contributed by atoms with Crippen molar-refractivity contribution in [3.8, 4) is 0 Å². The van der Waals surface area contributed by atoms with Crippen LogP contribution >= 0.6 is 0 Å². The van der Waals surface area contributed by atoms with E-state index in [4.69, 9.17) is 3.32 Å². The van der Waals surface area contributed by atoms with Crippen LogP contribution in [0.2, 0.25) is 0 Å². The minimum Gasteiger partial charge on any atom is -1.00 e. The zero-order chi connectivity index (χ0) is 36.6. The second-order valence-electron chi connectivity index (χ2n) is 15.5. The molecular weight excluding hydrogens is 723 g/mol. The molecule has 0 spiro atoms. The monoisotopic (exact) mass is 812 g/mol. The molecule has 0 saturated carbocycles. The van der Waals surface area contributed by atoms with E-state index in [-0.39, 0.29) is 42.5 Å². The van der Waals surface area contributed by atoms with Gasteiger partial charge in [0.1, 0.15) is 0 Å². The van der Waals surface area contributed by atoms with Crippen molar-refractivity contribution >= 4 is 11.8 Å². The van der Waals surface area contributed by atoms with E-state index in [0.29, 0.717) is 13.0 Å². The van der Waals surface area contributed by atoms with Crippen LogP contribution < -0.4 is 32.4 Å². The summed E-state index contributed by atoms with van der Waals surface area (Å²) in [6, 6.07) is 0. The number of hydrogen-bond donors (Lipinski definition) is 2. The Morgan fingerprint density at radius 3 is 1.13 bits per heavy atom. The average Bonchev–Trinajstić information content (AvgIpc) is 3.11. The summed E-state index contributed by atoms with van der Waals surface area (Å²) in [4.78, 5) is 26.1. The summed E-state index contributed by atoms with van der Waals surface area (Å²) >= 11 is -2.67. The standard InChI is InChI=1S/C20H41NO.C18H37NO.C6H13O.2ClH.Ti/c1-3-5-6-7-8-9-10-11-12-13-14-15-16-17-18-19(4-2)20(21)22;1-2-3-4-5-6-7-8-9-10-11-12-13-14-15-16-17-18(19)20;1-2-3-4-5-6-7;;;/h19H,3-18H2,1-2H3,(H2,21,22);2-17H2,1H3,(H2,19,20);2-6H2,1H3;2*1H;/q;;-1;;;+5/p-4. The molecule has 52 heavy (non-hydrogen) atoms. The molecule has 1 unspecified atom stereocenters. The third kappa shape index (κ3) is 41.4. The number of carbonyl (C=O) groups excluding carboxylic acids is 2. The van der Waals surface area contributed by atoms with E-state index in [1.807, 2.05) is 0 Å². The summed E-state index contributed by atoms with van der Waals surface area (Å²) in [5, 5.41) is 0. The van der Waals surface area contributed by atoms with E-state index in [1.165, 1.54) is 180 Å². The van der Waals surface area contributed by atoms with Gasteiger partial charge in [-0.2, -0.15) is 0 Å². The van der Waals surface area contributed by atoms with Crippen LogP contribution in [0.3, 0.4) is 0 Å². The van der Waals surface area contributed by atoms with Crippen LogP contribution in [0.1, 0.15) is 259 Å². The molecule has 0 aliphatic rings. The average molecular weight is 813 g/mol. The largest absolute Gasteiger partial charge is 1.00 e. The maximum atomic E-state index is 13.3. The summed E-state index contributed by atoms with van der Waals surface area (Å²) in [5.41, 5.74) is 0. The Morgan fingerprint density at radius 2 is 0.769 bits per heavy atom. The van der Waals surface area contributed by atoms with Crippen LogP contribution in [-0.4, -0.2) is 18.4 Å². The van der Waals surface area contributed by atoms with Gasteiger partial charge < -0.3 is 24.8 Å². The molecule has 0 rings (SSSR count). The summed E-state index contributed by atoms with van der Waals surface area (Å²) in [7, 11) is 0. The molecule has 0 aliphatic heterocycles. The van der Waals surface area contributed by atoms with E-state index in [1.54, 1.807) is 0 Å². The fourth-order valence-corrected chi connectivity index (χ4v) is 9.10. The molecule has 0 saturated heterocycles. The first kappa shape index (κ1) is 56.5. The summed E-state index contributed by atoms with van der Waals surface area (Å²) < 4.78 is 12.6. The second kappa shape index (κ2) is 47.3. The van der Waals surface area contributed by atoms with Gasteiger partial charge in [-0.3, -0.25) is 0 Å². The van der Waals surface area contributed by atoms with Crippen LogP contribution in [0.15, 0.2) is 0 Å². The van der Waals surface area contributed by atoms with Crippen LogP contribution in [0.25, 0.3) is 0 Å². The van der Waals surface area contributed by atoms with Crippen molar-refractivity contribution in [1.29, 1.82) is 0 Å². The Hall–Kier alpha value is 0.194. The fourth-order valence-electron chi connectivity index (χ4n) is 6.97. The molecule has 2 amide bonds. The minimum atomic E-state index is -2.67. The molecule has 0 aromatic rings. The number of halogens is 2. The Kier molecular flexibility index (Phi) is 51.5. The molecule has 0 aromatic carbocycles. The van der Waals surface area contributed by atoms with Crippen molar-refractivity contribution in [3.63, 3.8) is 0 Å². The van der Waals surface area contributed by atoms with Gasteiger partial charge in [0.05, 0.1) is 0 Å². The number of unbranched alkanes of at least 4 members (excludes halogenated alkanes) is 30.